The Labute approximate surface area is 125 Å². The van der Waals surface area contributed by atoms with Crippen molar-refractivity contribution in [1.29, 1.82) is 0 Å². The van der Waals surface area contributed by atoms with Gasteiger partial charge in [-0.2, -0.15) is 0 Å². The standard InChI is InChI=1S/C17H22N2O2/c20-16(18-9-11-19-10-3-6-17(19)21)12-14-8-7-13-4-1-2-5-15(13)14/h1-2,4-5,14H,3,6-12H2,(H,18,20)/t14-/m0/s1. The van der Waals surface area contributed by atoms with Crippen molar-refractivity contribution in [3.8, 4) is 0 Å². The van der Waals surface area contributed by atoms with Gasteiger partial charge in [0.2, 0.25) is 11.8 Å². The number of hydrogen-bond acceptors (Lipinski definition) is 2. The Bertz CT molecular complexity index is 541. The number of hydrogen-bond donors (Lipinski definition) is 1. The van der Waals surface area contributed by atoms with E-state index in [4.69, 9.17) is 0 Å². The van der Waals surface area contributed by atoms with Gasteiger partial charge in [0.05, 0.1) is 0 Å². The molecule has 1 aromatic carbocycles. The van der Waals surface area contributed by atoms with E-state index in [1.165, 1.54) is 11.1 Å². The van der Waals surface area contributed by atoms with Crippen molar-refractivity contribution in [2.24, 2.45) is 0 Å². The highest BCUT2D eigenvalue weighted by Crippen LogP contribution is 2.34. The highest BCUT2D eigenvalue weighted by Gasteiger charge is 2.24. The van der Waals surface area contributed by atoms with Gasteiger partial charge < -0.3 is 10.2 Å². The molecule has 4 nitrogen and oxygen atoms in total. The van der Waals surface area contributed by atoms with Crippen LogP contribution in [-0.4, -0.2) is 36.3 Å². The van der Waals surface area contributed by atoms with E-state index in [1.807, 2.05) is 11.0 Å². The highest BCUT2D eigenvalue weighted by atomic mass is 16.2. The molecule has 21 heavy (non-hydrogen) atoms. The third kappa shape index (κ3) is 3.26. The van der Waals surface area contributed by atoms with Gasteiger partial charge in [0.15, 0.2) is 0 Å². The van der Waals surface area contributed by atoms with Crippen LogP contribution in [0.1, 0.15) is 42.7 Å². The lowest BCUT2D eigenvalue weighted by molar-refractivity contribution is -0.128. The van der Waals surface area contributed by atoms with Crippen LogP contribution in [0.3, 0.4) is 0 Å². The summed E-state index contributed by atoms with van der Waals surface area (Å²) in [6, 6.07) is 8.41. The number of nitrogens with one attached hydrogen (secondary N) is 1. The Balaban J connectivity index is 1.44. The molecule has 2 aliphatic rings. The second-order valence-corrected chi connectivity index (χ2v) is 5.97. The van der Waals surface area contributed by atoms with Crippen LogP contribution in [-0.2, 0) is 16.0 Å². The highest BCUT2D eigenvalue weighted by molar-refractivity contribution is 5.79. The van der Waals surface area contributed by atoms with E-state index in [0.29, 0.717) is 31.8 Å². The Kier molecular flexibility index (Phi) is 4.23. The molecule has 3 rings (SSSR count). The molecule has 1 N–H and O–H groups in total. The lowest BCUT2D eigenvalue weighted by Crippen LogP contribution is -2.35. The fourth-order valence-electron chi connectivity index (χ4n) is 3.42. The first-order valence-corrected chi connectivity index (χ1v) is 7.86. The maximum absolute atomic E-state index is 12.0. The largest absolute Gasteiger partial charge is 0.354 e. The molecule has 0 radical (unpaired) electrons. The fraction of sp³-hybridized carbons (Fsp3) is 0.529. The molecular weight excluding hydrogens is 264 g/mol. The lowest BCUT2D eigenvalue weighted by Gasteiger charge is -2.16. The molecule has 1 heterocycles. The molecule has 1 saturated heterocycles. The normalized spacial score (nSPS) is 20.7. The summed E-state index contributed by atoms with van der Waals surface area (Å²) in [6.45, 7) is 2.05. The van der Waals surface area contributed by atoms with E-state index in [9.17, 15) is 9.59 Å². The number of fused-ring (bicyclic) bond motifs is 1. The van der Waals surface area contributed by atoms with Crippen LogP contribution in [0.4, 0.5) is 0 Å². The number of likely N-dealkylation sites (tertiary alicyclic amines) is 1. The summed E-state index contributed by atoms with van der Waals surface area (Å²) in [7, 11) is 0. The number of nitrogens with zero attached hydrogens (tertiary/aromatic N) is 1. The van der Waals surface area contributed by atoms with Crippen molar-refractivity contribution < 1.29 is 9.59 Å². The Morgan fingerprint density at radius 1 is 1.29 bits per heavy atom. The summed E-state index contributed by atoms with van der Waals surface area (Å²) in [5.74, 6) is 0.673. The molecule has 1 atom stereocenters. The molecule has 0 unspecified atom stereocenters. The molecule has 1 fully saturated rings. The number of aryl methyl sites for hydroxylation is 1. The first-order valence-electron chi connectivity index (χ1n) is 7.86. The third-order valence-corrected chi connectivity index (χ3v) is 4.56. The van der Waals surface area contributed by atoms with Crippen LogP contribution in [0.2, 0.25) is 0 Å². The predicted octanol–water partition coefficient (Wildman–Crippen LogP) is 1.85. The monoisotopic (exact) mass is 286 g/mol. The first-order chi connectivity index (χ1) is 10.2. The smallest absolute Gasteiger partial charge is 0.222 e. The number of carbonyl (C=O) groups excluding carboxylic acids is 2. The summed E-state index contributed by atoms with van der Waals surface area (Å²) in [4.78, 5) is 25.4. The Morgan fingerprint density at radius 3 is 2.95 bits per heavy atom. The van der Waals surface area contributed by atoms with Gasteiger partial charge in [0.1, 0.15) is 0 Å². The van der Waals surface area contributed by atoms with Crippen molar-refractivity contribution in [2.75, 3.05) is 19.6 Å². The number of amides is 2. The topological polar surface area (TPSA) is 49.4 Å². The summed E-state index contributed by atoms with van der Waals surface area (Å²) in [5.41, 5.74) is 2.72. The van der Waals surface area contributed by atoms with E-state index in [-0.39, 0.29) is 11.8 Å². The van der Waals surface area contributed by atoms with Crippen LogP contribution >= 0.6 is 0 Å². The van der Waals surface area contributed by atoms with Gasteiger partial charge in [-0.3, -0.25) is 9.59 Å². The summed E-state index contributed by atoms with van der Waals surface area (Å²) >= 11 is 0. The first kappa shape index (κ1) is 14.1. The van der Waals surface area contributed by atoms with Crippen LogP contribution in [0, 0.1) is 0 Å². The molecule has 2 amide bonds. The fourth-order valence-corrected chi connectivity index (χ4v) is 3.42. The number of rotatable bonds is 5. The van der Waals surface area contributed by atoms with E-state index < -0.39 is 0 Å². The van der Waals surface area contributed by atoms with Gasteiger partial charge in [-0.25, -0.2) is 0 Å². The van der Waals surface area contributed by atoms with Gasteiger partial charge in [-0.15, -0.1) is 0 Å². The van der Waals surface area contributed by atoms with Crippen LogP contribution < -0.4 is 5.32 Å². The van der Waals surface area contributed by atoms with E-state index in [0.717, 1.165) is 25.8 Å². The molecule has 112 valence electrons. The summed E-state index contributed by atoms with van der Waals surface area (Å²) in [5, 5.41) is 2.95. The summed E-state index contributed by atoms with van der Waals surface area (Å²) < 4.78 is 0. The zero-order chi connectivity index (χ0) is 14.7. The minimum atomic E-state index is 0.100. The second kappa shape index (κ2) is 6.29. The van der Waals surface area contributed by atoms with E-state index >= 15 is 0 Å². The molecular formula is C17H22N2O2. The Morgan fingerprint density at radius 2 is 2.14 bits per heavy atom. The minimum Gasteiger partial charge on any atom is -0.354 e. The average Bonchev–Trinajstić information content (AvgIpc) is 3.07. The molecule has 0 bridgehead atoms. The van der Waals surface area contributed by atoms with Crippen LogP contribution in [0.15, 0.2) is 24.3 Å². The molecule has 0 spiro atoms. The maximum atomic E-state index is 12.0. The van der Waals surface area contributed by atoms with Crippen molar-refractivity contribution >= 4 is 11.8 Å². The maximum Gasteiger partial charge on any atom is 0.222 e. The van der Waals surface area contributed by atoms with E-state index in [1.54, 1.807) is 0 Å². The molecule has 0 saturated carbocycles. The molecule has 1 aliphatic heterocycles. The SMILES string of the molecule is O=C(C[C@@H]1CCc2ccccc21)NCCN1CCCC1=O. The van der Waals surface area contributed by atoms with Crippen molar-refractivity contribution in [3.05, 3.63) is 35.4 Å². The van der Waals surface area contributed by atoms with E-state index in [2.05, 4.69) is 23.5 Å². The van der Waals surface area contributed by atoms with Gasteiger partial charge in [-0.05, 0) is 36.3 Å². The lowest BCUT2D eigenvalue weighted by atomic mass is 9.97. The van der Waals surface area contributed by atoms with Crippen molar-refractivity contribution in [3.63, 3.8) is 0 Å². The van der Waals surface area contributed by atoms with Gasteiger partial charge in [-0.1, -0.05) is 24.3 Å². The van der Waals surface area contributed by atoms with Gasteiger partial charge in [0, 0.05) is 32.5 Å². The second-order valence-electron chi connectivity index (χ2n) is 5.97. The van der Waals surface area contributed by atoms with Crippen LogP contribution in [0.25, 0.3) is 0 Å². The number of carbonyl (C=O) groups is 2. The molecule has 4 heteroatoms. The van der Waals surface area contributed by atoms with Crippen LogP contribution in [0.5, 0.6) is 0 Å². The average molecular weight is 286 g/mol. The van der Waals surface area contributed by atoms with Gasteiger partial charge in [0.25, 0.3) is 0 Å². The Hall–Kier alpha value is -1.84. The minimum absolute atomic E-state index is 0.100. The molecule has 1 aliphatic carbocycles. The third-order valence-electron chi connectivity index (χ3n) is 4.56. The zero-order valence-electron chi connectivity index (χ0n) is 12.3. The van der Waals surface area contributed by atoms with Crippen molar-refractivity contribution in [2.45, 2.75) is 38.0 Å². The number of benzene rings is 1. The summed E-state index contributed by atoms with van der Waals surface area (Å²) in [6.07, 6.45) is 4.32. The predicted molar refractivity (Wildman–Crippen MR) is 80.9 cm³/mol. The van der Waals surface area contributed by atoms with Gasteiger partial charge >= 0.3 is 0 Å². The van der Waals surface area contributed by atoms with Crippen molar-refractivity contribution in [1.82, 2.24) is 10.2 Å². The zero-order valence-corrected chi connectivity index (χ0v) is 12.3. The molecule has 1 aromatic rings. The quantitative estimate of drug-likeness (QED) is 0.898. The molecule has 0 aromatic heterocycles.